The molecule has 0 radical (unpaired) electrons. The molecule has 37 heavy (non-hydrogen) atoms. The summed E-state index contributed by atoms with van der Waals surface area (Å²) in [6.45, 7) is 6.26. The van der Waals surface area contributed by atoms with Gasteiger partial charge < -0.3 is 25.0 Å². The first-order valence-corrected chi connectivity index (χ1v) is 12.8. The molecule has 3 amide bonds. The molecule has 1 fully saturated rings. The summed E-state index contributed by atoms with van der Waals surface area (Å²) in [5.74, 6) is 0.123. The van der Waals surface area contributed by atoms with Crippen LogP contribution in [-0.2, 0) is 9.59 Å². The van der Waals surface area contributed by atoms with E-state index >= 15 is 0 Å². The van der Waals surface area contributed by atoms with Crippen LogP contribution in [0.25, 0.3) is 11.3 Å². The molecule has 1 aliphatic heterocycles. The standard InChI is InChI=1S/C27H34N6O4/c1-17-9-7-8-14-33(17)24(34)13-12-21(31-27(36)22-15-18(2)37-32-22)26(35)29-19(3)25-28-16-23(30-25)20-10-5-4-6-11-20/h4-6,10-11,15-17,19,21H,7-9,12-14H2,1-3H3,(H,28,30)(H,29,35)(H,31,36)/t17-,19-,21-/m0/s1. The Hall–Kier alpha value is -3.95. The average Bonchev–Trinajstić information content (AvgIpc) is 3.57. The fraction of sp³-hybridized carbons (Fsp3) is 0.444. The lowest BCUT2D eigenvalue weighted by Crippen LogP contribution is -2.48. The van der Waals surface area contributed by atoms with Crippen molar-refractivity contribution in [3.8, 4) is 11.3 Å². The van der Waals surface area contributed by atoms with Crippen LogP contribution in [0, 0.1) is 6.92 Å². The van der Waals surface area contributed by atoms with Crippen LogP contribution < -0.4 is 10.6 Å². The Morgan fingerprint density at radius 2 is 1.97 bits per heavy atom. The third kappa shape index (κ3) is 6.63. The largest absolute Gasteiger partial charge is 0.361 e. The highest BCUT2D eigenvalue weighted by Gasteiger charge is 2.28. The molecular weight excluding hydrogens is 472 g/mol. The number of piperidine rings is 1. The van der Waals surface area contributed by atoms with Gasteiger partial charge in [0.25, 0.3) is 5.91 Å². The number of carbonyl (C=O) groups excluding carboxylic acids is 3. The fourth-order valence-electron chi connectivity index (χ4n) is 4.56. The van der Waals surface area contributed by atoms with Gasteiger partial charge in [0.05, 0.1) is 17.9 Å². The lowest BCUT2D eigenvalue weighted by Gasteiger charge is -2.33. The number of carbonyl (C=O) groups is 3. The SMILES string of the molecule is Cc1cc(C(=O)N[C@@H](CCC(=O)N2CCCC[C@@H]2C)C(=O)N[C@@H](C)c2ncc(-c3ccccc3)[nH]2)no1. The molecule has 3 heterocycles. The summed E-state index contributed by atoms with van der Waals surface area (Å²) < 4.78 is 4.99. The molecule has 10 heteroatoms. The molecule has 0 bridgehead atoms. The first kappa shape index (κ1) is 26.1. The zero-order valence-corrected chi connectivity index (χ0v) is 21.5. The highest BCUT2D eigenvalue weighted by Crippen LogP contribution is 2.20. The molecular formula is C27H34N6O4. The number of nitrogens with zero attached hydrogens (tertiary/aromatic N) is 3. The maximum atomic E-state index is 13.3. The van der Waals surface area contributed by atoms with Crippen molar-refractivity contribution in [3.05, 3.63) is 59.9 Å². The van der Waals surface area contributed by atoms with E-state index in [2.05, 4.69) is 25.8 Å². The molecule has 196 valence electrons. The topological polar surface area (TPSA) is 133 Å². The zero-order chi connectivity index (χ0) is 26.4. The van der Waals surface area contributed by atoms with E-state index in [1.165, 1.54) is 6.07 Å². The van der Waals surface area contributed by atoms with Crippen molar-refractivity contribution in [1.29, 1.82) is 0 Å². The summed E-state index contributed by atoms with van der Waals surface area (Å²) in [6, 6.07) is 10.1. The molecule has 0 spiro atoms. The smallest absolute Gasteiger partial charge is 0.274 e. The summed E-state index contributed by atoms with van der Waals surface area (Å²) in [6.07, 6.45) is 5.10. The average molecular weight is 507 g/mol. The molecule has 0 aliphatic carbocycles. The Kier molecular flexibility index (Phi) is 8.37. The highest BCUT2D eigenvalue weighted by molar-refractivity contribution is 5.96. The molecule has 3 atom stereocenters. The fourth-order valence-corrected chi connectivity index (χ4v) is 4.56. The molecule has 0 unspecified atom stereocenters. The quantitative estimate of drug-likeness (QED) is 0.407. The van der Waals surface area contributed by atoms with Crippen molar-refractivity contribution in [2.75, 3.05) is 6.54 Å². The van der Waals surface area contributed by atoms with Crippen molar-refractivity contribution in [2.24, 2.45) is 0 Å². The van der Waals surface area contributed by atoms with E-state index in [1.807, 2.05) is 49.1 Å². The first-order valence-electron chi connectivity index (χ1n) is 12.8. The van der Waals surface area contributed by atoms with Crippen LogP contribution in [0.3, 0.4) is 0 Å². The number of rotatable bonds is 9. The molecule has 4 rings (SSSR count). The Labute approximate surface area is 216 Å². The van der Waals surface area contributed by atoms with Crippen molar-refractivity contribution < 1.29 is 18.9 Å². The van der Waals surface area contributed by atoms with Crippen molar-refractivity contribution in [2.45, 2.75) is 71.0 Å². The third-order valence-corrected chi connectivity index (χ3v) is 6.70. The second-order valence-electron chi connectivity index (χ2n) is 9.60. The van der Waals surface area contributed by atoms with E-state index in [0.29, 0.717) is 11.6 Å². The molecule has 3 N–H and O–H groups in total. The second-order valence-corrected chi connectivity index (χ2v) is 9.60. The molecule has 10 nitrogen and oxygen atoms in total. The molecule has 0 saturated carbocycles. The number of amides is 3. The maximum absolute atomic E-state index is 13.3. The number of H-pyrrole nitrogens is 1. The van der Waals surface area contributed by atoms with E-state index < -0.39 is 23.9 Å². The van der Waals surface area contributed by atoms with Crippen LogP contribution in [-0.4, -0.2) is 56.4 Å². The number of hydrogen-bond acceptors (Lipinski definition) is 6. The summed E-state index contributed by atoms with van der Waals surface area (Å²) in [4.78, 5) is 48.5. The molecule has 1 saturated heterocycles. The second kappa shape index (κ2) is 11.9. The van der Waals surface area contributed by atoms with Gasteiger partial charge >= 0.3 is 0 Å². The van der Waals surface area contributed by atoms with Gasteiger partial charge in [-0.15, -0.1) is 0 Å². The predicted octanol–water partition coefficient (Wildman–Crippen LogP) is 3.53. The monoisotopic (exact) mass is 506 g/mol. The Bertz CT molecular complexity index is 1220. The van der Waals surface area contributed by atoms with Gasteiger partial charge in [0.15, 0.2) is 5.69 Å². The Morgan fingerprint density at radius 1 is 1.19 bits per heavy atom. The molecule has 1 aliphatic rings. The third-order valence-electron chi connectivity index (χ3n) is 6.70. The number of aryl methyl sites for hydroxylation is 1. The van der Waals surface area contributed by atoms with E-state index in [4.69, 9.17) is 4.52 Å². The van der Waals surface area contributed by atoms with Gasteiger partial charge in [-0.05, 0) is 52.0 Å². The number of aromatic nitrogens is 3. The molecule has 3 aromatic rings. The van der Waals surface area contributed by atoms with E-state index in [-0.39, 0.29) is 30.5 Å². The lowest BCUT2D eigenvalue weighted by molar-refractivity contribution is -0.134. The lowest BCUT2D eigenvalue weighted by atomic mass is 10.0. The summed E-state index contributed by atoms with van der Waals surface area (Å²) >= 11 is 0. The van der Waals surface area contributed by atoms with E-state index in [0.717, 1.165) is 37.1 Å². The van der Waals surface area contributed by atoms with Gasteiger partial charge in [0.1, 0.15) is 17.6 Å². The van der Waals surface area contributed by atoms with Crippen molar-refractivity contribution in [1.82, 2.24) is 30.7 Å². The minimum absolute atomic E-state index is 0.0110. The zero-order valence-electron chi connectivity index (χ0n) is 21.5. The highest BCUT2D eigenvalue weighted by atomic mass is 16.5. The minimum Gasteiger partial charge on any atom is -0.361 e. The van der Waals surface area contributed by atoms with Gasteiger partial charge in [0, 0.05) is 25.1 Å². The van der Waals surface area contributed by atoms with E-state index in [1.54, 1.807) is 13.1 Å². The Balaban J connectivity index is 1.43. The summed E-state index contributed by atoms with van der Waals surface area (Å²) in [7, 11) is 0. The minimum atomic E-state index is -0.931. The number of imidazole rings is 1. The van der Waals surface area contributed by atoms with Crippen molar-refractivity contribution >= 4 is 17.7 Å². The number of likely N-dealkylation sites (tertiary alicyclic amines) is 1. The first-order chi connectivity index (χ1) is 17.8. The van der Waals surface area contributed by atoms with Gasteiger partial charge in [-0.25, -0.2) is 4.98 Å². The van der Waals surface area contributed by atoms with Crippen LogP contribution in [0.4, 0.5) is 0 Å². The van der Waals surface area contributed by atoms with Crippen LogP contribution in [0.15, 0.2) is 47.1 Å². The maximum Gasteiger partial charge on any atom is 0.274 e. The van der Waals surface area contributed by atoms with Crippen molar-refractivity contribution in [3.63, 3.8) is 0 Å². The number of hydrogen-bond donors (Lipinski definition) is 3. The predicted molar refractivity (Wildman–Crippen MR) is 137 cm³/mol. The van der Waals surface area contributed by atoms with E-state index in [9.17, 15) is 14.4 Å². The van der Waals surface area contributed by atoms with Crippen LogP contribution in [0.1, 0.15) is 74.1 Å². The van der Waals surface area contributed by atoms with Gasteiger partial charge in [0.2, 0.25) is 11.8 Å². The van der Waals surface area contributed by atoms with Crippen LogP contribution >= 0.6 is 0 Å². The number of benzene rings is 1. The summed E-state index contributed by atoms with van der Waals surface area (Å²) in [5.41, 5.74) is 1.90. The molecule has 2 aromatic heterocycles. The van der Waals surface area contributed by atoms with Gasteiger partial charge in [-0.3, -0.25) is 14.4 Å². The van der Waals surface area contributed by atoms with Gasteiger partial charge in [-0.2, -0.15) is 0 Å². The summed E-state index contributed by atoms with van der Waals surface area (Å²) in [5, 5.41) is 9.39. The van der Waals surface area contributed by atoms with Crippen LogP contribution in [0.5, 0.6) is 0 Å². The normalized spacial score (nSPS) is 17.2. The number of aromatic amines is 1. The molecule has 1 aromatic carbocycles. The van der Waals surface area contributed by atoms with Crippen LogP contribution in [0.2, 0.25) is 0 Å². The number of nitrogens with one attached hydrogen (secondary N) is 3. The Morgan fingerprint density at radius 3 is 2.68 bits per heavy atom. The van der Waals surface area contributed by atoms with Gasteiger partial charge in [-0.1, -0.05) is 35.5 Å².